The fourth-order valence-corrected chi connectivity index (χ4v) is 3.74. The molecule has 0 bridgehead atoms. The predicted octanol–water partition coefficient (Wildman–Crippen LogP) is 5.12. The Hall–Kier alpha value is -2.49. The van der Waals surface area contributed by atoms with Crippen LogP contribution in [0, 0.1) is 11.3 Å². The highest BCUT2D eigenvalue weighted by Crippen LogP contribution is 2.27. The van der Waals surface area contributed by atoms with E-state index in [2.05, 4.69) is 20.8 Å². The summed E-state index contributed by atoms with van der Waals surface area (Å²) >= 11 is 9.13. The van der Waals surface area contributed by atoms with Crippen LogP contribution in [0.1, 0.15) is 30.4 Å². The van der Waals surface area contributed by atoms with Crippen LogP contribution >= 0.6 is 28.1 Å². The Kier molecular flexibility index (Phi) is 6.96. The third-order valence-electron chi connectivity index (χ3n) is 4.47. The van der Waals surface area contributed by atoms with Crippen molar-refractivity contribution in [3.05, 3.63) is 69.7 Å². The van der Waals surface area contributed by atoms with Gasteiger partial charge in [-0.15, -0.1) is 0 Å². The van der Waals surface area contributed by atoms with E-state index < -0.39 is 5.97 Å². The Morgan fingerprint density at radius 3 is 2.54 bits per heavy atom. The van der Waals surface area contributed by atoms with Crippen molar-refractivity contribution in [2.75, 3.05) is 13.1 Å². The first-order valence-electron chi connectivity index (χ1n) is 9.06. The van der Waals surface area contributed by atoms with Gasteiger partial charge in [-0.1, -0.05) is 58.5 Å². The molecule has 2 aromatic carbocycles. The number of piperidine rings is 1. The molecule has 0 aliphatic carbocycles. The fraction of sp³-hybridized carbons (Fsp3) is 0.227. The molecule has 0 spiro atoms. The standard InChI is InChI=1S/C22H19BrN2O2S/c23-18-9-10-20(19(14-18)21(28)25-11-5-2-6-12-25)27-22(26)17(15-24)13-16-7-3-1-4-8-16/h1,3-4,7-10,13-14H,2,5-6,11-12H2/b17-13+. The summed E-state index contributed by atoms with van der Waals surface area (Å²) in [6.45, 7) is 1.80. The molecular weight excluding hydrogens is 436 g/mol. The lowest BCUT2D eigenvalue weighted by Crippen LogP contribution is -2.35. The molecular formula is C22H19BrN2O2S. The molecule has 1 fully saturated rings. The van der Waals surface area contributed by atoms with Crippen LogP contribution in [-0.4, -0.2) is 28.9 Å². The molecule has 1 saturated heterocycles. The monoisotopic (exact) mass is 454 g/mol. The van der Waals surface area contributed by atoms with E-state index in [9.17, 15) is 10.1 Å². The molecule has 4 nitrogen and oxygen atoms in total. The number of nitriles is 1. The molecule has 1 aliphatic heterocycles. The number of rotatable bonds is 4. The molecule has 0 amide bonds. The van der Waals surface area contributed by atoms with Gasteiger partial charge in [-0.25, -0.2) is 4.79 Å². The Morgan fingerprint density at radius 2 is 1.86 bits per heavy atom. The lowest BCUT2D eigenvalue weighted by molar-refractivity contribution is -0.129. The zero-order valence-electron chi connectivity index (χ0n) is 15.2. The van der Waals surface area contributed by atoms with Crippen LogP contribution in [0.25, 0.3) is 6.08 Å². The first-order chi connectivity index (χ1) is 13.6. The quantitative estimate of drug-likeness (QED) is 0.211. The van der Waals surface area contributed by atoms with Crippen molar-refractivity contribution >= 4 is 45.2 Å². The number of carbonyl (C=O) groups excluding carboxylic acids is 1. The number of benzene rings is 2. The second-order valence-corrected chi connectivity index (χ2v) is 7.77. The molecule has 6 heteroatoms. The topological polar surface area (TPSA) is 53.3 Å². The molecule has 0 atom stereocenters. The summed E-state index contributed by atoms with van der Waals surface area (Å²) in [6.07, 6.45) is 4.92. The van der Waals surface area contributed by atoms with Gasteiger partial charge in [0.15, 0.2) is 0 Å². The Balaban J connectivity index is 1.85. The van der Waals surface area contributed by atoms with Crippen LogP contribution in [0.2, 0.25) is 0 Å². The van der Waals surface area contributed by atoms with Crippen LogP contribution in [-0.2, 0) is 4.79 Å². The number of thiocarbonyl (C=S) groups is 1. The lowest BCUT2D eigenvalue weighted by atomic mass is 10.1. The van der Waals surface area contributed by atoms with Gasteiger partial charge in [-0.2, -0.15) is 5.26 Å². The number of carbonyl (C=O) groups is 1. The van der Waals surface area contributed by atoms with E-state index in [0.717, 1.165) is 36.0 Å². The van der Waals surface area contributed by atoms with Gasteiger partial charge in [-0.3, -0.25) is 0 Å². The molecule has 0 unspecified atom stereocenters. The van der Waals surface area contributed by atoms with Crippen molar-refractivity contribution < 1.29 is 9.53 Å². The van der Waals surface area contributed by atoms with Gasteiger partial charge in [0, 0.05) is 17.6 Å². The highest BCUT2D eigenvalue weighted by molar-refractivity contribution is 9.10. The average Bonchev–Trinajstić information content (AvgIpc) is 2.74. The van der Waals surface area contributed by atoms with Crippen LogP contribution in [0.5, 0.6) is 5.75 Å². The number of hydrogen-bond acceptors (Lipinski definition) is 4. The minimum absolute atomic E-state index is 0.0658. The molecule has 1 heterocycles. The molecule has 0 saturated carbocycles. The normalized spacial score (nSPS) is 14.3. The molecule has 28 heavy (non-hydrogen) atoms. The second-order valence-electron chi connectivity index (χ2n) is 6.46. The van der Waals surface area contributed by atoms with Crippen LogP contribution in [0.4, 0.5) is 0 Å². The zero-order valence-corrected chi connectivity index (χ0v) is 17.6. The molecule has 2 aromatic rings. The number of ether oxygens (including phenoxy) is 1. The lowest BCUT2D eigenvalue weighted by Gasteiger charge is -2.29. The van der Waals surface area contributed by atoms with Gasteiger partial charge in [-0.05, 0) is 49.1 Å². The van der Waals surface area contributed by atoms with Crippen molar-refractivity contribution in [3.8, 4) is 11.8 Å². The van der Waals surface area contributed by atoms with Gasteiger partial charge >= 0.3 is 5.97 Å². The minimum Gasteiger partial charge on any atom is -0.422 e. The maximum atomic E-state index is 12.6. The van der Waals surface area contributed by atoms with E-state index in [1.54, 1.807) is 12.1 Å². The summed E-state index contributed by atoms with van der Waals surface area (Å²) in [7, 11) is 0. The predicted molar refractivity (Wildman–Crippen MR) is 117 cm³/mol. The number of hydrogen-bond donors (Lipinski definition) is 0. The first-order valence-corrected chi connectivity index (χ1v) is 10.3. The van der Waals surface area contributed by atoms with E-state index in [1.165, 1.54) is 12.5 Å². The summed E-state index contributed by atoms with van der Waals surface area (Å²) in [4.78, 5) is 15.4. The SMILES string of the molecule is N#C/C(=C\c1ccccc1)C(=O)Oc1ccc(Br)cc1C(=S)N1CCCCC1. The van der Waals surface area contributed by atoms with Gasteiger partial charge in [0.2, 0.25) is 0 Å². The van der Waals surface area contributed by atoms with Gasteiger partial charge < -0.3 is 9.64 Å². The minimum atomic E-state index is -0.698. The molecule has 142 valence electrons. The third-order valence-corrected chi connectivity index (χ3v) is 5.44. The van der Waals surface area contributed by atoms with Gasteiger partial charge in [0.25, 0.3) is 0 Å². The van der Waals surface area contributed by atoms with Crippen LogP contribution < -0.4 is 4.74 Å². The molecule has 0 aromatic heterocycles. The summed E-state index contributed by atoms with van der Waals surface area (Å²) in [5, 5.41) is 9.40. The van der Waals surface area contributed by atoms with E-state index >= 15 is 0 Å². The van der Waals surface area contributed by atoms with Crippen LogP contribution in [0.3, 0.4) is 0 Å². The van der Waals surface area contributed by atoms with Crippen molar-refractivity contribution in [2.24, 2.45) is 0 Å². The number of likely N-dealkylation sites (tertiary alicyclic amines) is 1. The highest BCUT2D eigenvalue weighted by Gasteiger charge is 2.21. The third kappa shape index (κ3) is 5.06. The average molecular weight is 455 g/mol. The zero-order chi connectivity index (χ0) is 19.9. The van der Waals surface area contributed by atoms with E-state index in [4.69, 9.17) is 17.0 Å². The van der Waals surface area contributed by atoms with E-state index in [-0.39, 0.29) is 5.57 Å². The molecule has 0 N–H and O–H groups in total. The van der Waals surface area contributed by atoms with Crippen molar-refractivity contribution in [1.29, 1.82) is 5.26 Å². The van der Waals surface area contributed by atoms with Crippen LogP contribution in [0.15, 0.2) is 58.6 Å². The summed E-state index contributed by atoms with van der Waals surface area (Å²) in [5.41, 5.74) is 1.37. The largest absolute Gasteiger partial charge is 0.422 e. The molecule has 1 aliphatic rings. The Morgan fingerprint density at radius 1 is 1.14 bits per heavy atom. The fourth-order valence-electron chi connectivity index (χ4n) is 3.03. The Labute approximate surface area is 178 Å². The maximum Gasteiger partial charge on any atom is 0.354 e. The van der Waals surface area contributed by atoms with Crippen molar-refractivity contribution in [1.82, 2.24) is 4.90 Å². The van der Waals surface area contributed by atoms with E-state index in [1.807, 2.05) is 42.5 Å². The summed E-state index contributed by atoms with van der Waals surface area (Å²) in [5.74, 6) is -0.339. The summed E-state index contributed by atoms with van der Waals surface area (Å²) < 4.78 is 6.42. The first kappa shape index (κ1) is 20.2. The van der Waals surface area contributed by atoms with Crippen molar-refractivity contribution in [2.45, 2.75) is 19.3 Å². The van der Waals surface area contributed by atoms with Gasteiger partial charge in [0.1, 0.15) is 22.4 Å². The Bertz CT molecular complexity index is 945. The molecule has 0 radical (unpaired) electrons. The van der Waals surface area contributed by atoms with E-state index in [0.29, 0.717) is 16.3 Å². The summed E-state index contributed by atoms with van der Waals surface area (Å²) in [6, 6.07) is 16.5. The number of nitrogens with zero attached hydrogens (tertiary/aromatic N) is 2. The number of halogens is 1. The smallest absolute Gasteiger partial charge is 0.354 e. The maximum absolute atomic E-state index is 12.6. The van der Waals surface area contributed by atoms with Gasteiger partial charge in [0.05, 0.1) is 5.56 Å². The second kappa shape index (κ2) is 9.63. The van der Waals surface area contributed by atoms with Crippen molar-refractivity contribution in [3.63, 3.8) is 0 Å². The molecule has 3 rings (SSSR count). The number of esters is 1. The highest BCUT2D eigenvalue weighted by atomic mass is 79.9.